The molecule has 0 radical (unpaired) electrons. The highest BCUT2D eigenvalue weighted by molar-refractivity contribution is 9.12. The van der Waals surface area contributed by atoms with Gasteiger partial charge < -0.3 is 20.1 Å². The van der Waals surface area contributed by atoms with Crippen molar-refractivity contribution in [3.05, 3.63) is 0 Å². The molecule has 0 aliphatic carbocycles. The summed E-state index contributed by atoms with van der Waals surface area (Å²) in [5.41, 5.74) is -1.27. The Bertz CT molecular complexity index is 798. The zero-order valence-electron chi connectivity index (χ0n) is 23.9. The number of hydrogen-bond acceptors (Lipinski definition) is 5. The lowest BCUT2D eigenvalue weighted by molar-refractivity contribution is -0.157. The van der Waals surface area contributed by atoms with Crippen molar-refractivity contribution in [3.8, 4) is 0 Å². The monoisotopic (exact) mass is 826 g/mol. The molecule has 234 valence electrons. The molecule has 0 saturated carbocycles. The van der Waals surface area contributed by atoms with Crippen molar-refractivity contribution < 1.29 is 39.2 Å². The van der Waals surface area contributed by atoms with E-state index in [9.17, 15) is 29.4 Å². The number of alkyl halides is 4. The van der Waals surface area contributed by atoms with Crippen LogP contribution in [0, 0.1) is 23.2 Å². The molecule has 8 atom stereocenters. The molecule has 8 nitrogen and oxygen atoms in total. The Hall–Kier alpha value is -0.200. The number of unbranched alkanes of at least 4 members (excludes halogenated alkanes) is 1. The maximum Gasteiger partial charge on any atom is 0.315 e. The lowest BCUT2D eigenvalue weighted by atomic mass is 9.66. The Morgan fingerprint density at radius 3 is 1.57 bits per heavy atom. The van der Waals surface area contributed by atoms with Gasteiger partial charge in [-0.2, -0.15) is 0 Å². The van der Waals surface area contributed by atoms with E-state index in [-0.39, 0.29) is 42.5 Å². The van der Waals surface area contributed by atoms with E-state index in [4.69, 9.17) is 9.84 Å². The molecule has 0 aliphatic heterocycles. The van der Waals surface area contributed by atoms with Gasteiger partial charge in [-0.05, 0) is 50.4 Å². The lowest BCUT2D eigenvalue weighted by Gasteiger charge is -2.49. The minimum absolute atomic E-state index is 0.0179. The number of aliphatic carboxylic acids is 3. The first-order valence-electron chi connectivity index (χ1n) is 14.1. The summed E-state index contributed by atoms with van der Waals surface area (Å²) in [6.45, 7) is 7.83. The van der Waals surface area contributed by atoms with Crippen LogP contribution < -0.4 is 0 Å². The van der Waals surface area contributed by atoms with Crippen LogP contribution in [-0.4, -0.2) is 65.1 Å². The number of ether oxygens (including phenoxy) is 1. The Labute approximate surface area is 272 Å². The van der Waals surface area contributed by atoms with Crippen molar-refractivity contribution in [2.75, 3.05) is 6.61 Å². The van der Waals surface area contributed by atoms with E-state index in [2.05, 4.69) is 70.6 Å². The predicted octanol–water partition coefficient (Wildman–Crippen LogP) is 8.04. The van der Waals surface area contributed by atoms with Crippen molar-refractivity contribution in [2.45, 2.75) is 118 Å². The molecule has 40 heavy (non-hydrogen) atoms. The second kappa shape index (κ2) is 20.7. The number of hydrogen-bond donors (Lipinski definition) is 3. The van der Waals surface area contributed by atoms with Crippen molar-refractivity contribution in [1.29, 1.82) is 0 Å². The fourth-order valence-electron chi connectivity index (χ4n) is 5.36. The van der Waals surface area contributed by atoms with Gasteiger partial charge in [-0.15, -0.1) is 0 Å². The molecule has 0 rings (SSSR count). The molecule has 12 heteroatoms. The third-order valence-electron chi connectivity index (χ3n) is 7.75. The van der Waals surface area contributed by atoms with Gasteiger partial charge in [0.1, 0.15) is 5.41 Å². The van der Waals surface area contributed by atoms with Gasteiger partial charge >= 0.3 is 23.9 Å². The Balaban J connectivity index is 6.84. The van der Waals surface area contributed by atoms with E-state index in [0.717, 1.165) is 19.3 Å². The summed E-state index contributed by atoms with van der Waals surface area (Å²) < 4.78 is 5.74. The Morgan fingerprint density at radius 2 is 1.12 bits per heavy atom. The lowest BCUT2D eigenvalue weighted by Crippen LogP contribution is -2.60. The number of rotatable bonds is 23. The smallest absolute Gasteiger partial charge is 0.315 e. The second-order valence-electron chi connectivity index (χ2n) is 10.3. The van der Waals surface area contributed by atoms with E-state index >= 15 is 0 Å². The number of carboxylic acids is 3. The van der Waals surface area contributed by atoms with E-state index in [1.807, 2.05) is 13.8 Å². The second-order valence-corrected chi connectivity index (χ2v) is 14.3. The molecule has 0 bridgehead atoms. The van der Waals surface area contributed by atoms with Crippen LogP contribution in [0.3, 0.4) is 0 Å². The first-order chi connectivity index (χ1) is 18.7. The molecule has 0 heterocycles. The number of carboxylic acid groups (broad SMARTS) is 3. The molecule has 8 unspecified atom stereocenters. The van der Waals surface area contributed by atoms with E-state index in [1.165, 1.54) is 0 Å². The molecule has 0 aromatic carbocycles. The van der Waals surface area contributed by atoms with Gasteiger partial charge in [0.05, 0.1) is 6.61 Å². The number of carbonyl (C=O) groups is 4. The molecule has 0 saturated heterocycles. The summed E-state index contributed by atoms with van der Waals surface area (Å²) in [6, 6.07) is 0. The summed E-state index contributed by atoms with van der Waals surface area (Å²) in [7, 11) is 0. The van der Waals surface area contributed by atoms with Gasteiger partial charge in [-0.25, -0.2) is 0 Å². The molecular weight excluding hydrogens is 784 g/mol. The van der Waals surface area contributed by atoms with E-state index < -0.39 is 49.7 Å². The molecule has 0 aromatic heterocycles. The molecule has 0 aliphatic rings. The fourth-order valence-corrected chi connectivity index (χ4v) is 11.4. The normalized spacial score (nSPS) is 18.4. The minimum atomic E-state index is -1.27. The third-order valence-corrected chi connectivity index (χ3v) is 14.1. The van der Waals surface area contributed by atoms with Gasteiger partial charge in [-0.3, -0.25) is 19.2 Å². The molecular formula is C28H46Br4O8. The number of carbonyl (C=O) groups excluding carboxylic acids is 1. The first-order valence-corrected chi connectivity index (χ1v) is 17.8. The highest BCUT2D eigenvalue weighted by Gasteiger charge is 2.61. The van der Waals surface area contributed by atoms with Crippen LogP contribution in [0.1, 0.15) is 98.3 Å². The SMILES string of the molecule is CCOC(=O)C(C(Br)C(CC)CCCC(=O)O)(C(Br)C(CC)CC(=O)O)C(Br)C(Br)C(CC)CCCCC(=O)O. The van der Waals surface area contributed by atoms with Crippen LogP contribution in [-0.2, 0) is 23.9 Å². The van der Waals surface area contributed by atoms with E-state index in [1.54, 1.807) is 6.92 Å². The van der Waals surface area contributed by atoms with Crippen molar-refractivity contribution in [1.82, 2.24) is 0 Å². The van der Waals surface area contributed by atoms with Crippen LogP contribution in [0.25, 0.3) is 0 Å². The zero-order valence-corrected chi connectivity index (χ0v) is 30.3. The fraction of sp³-hybridized carbons (Fsp3) is 0.857. The van der Waals surface area contributed by atoms with Crippen molar-refractivity contribution >= 4 is 87.6 Å². The maximum absolute atomic E-state index is 14.2. The summed E-state index contributed by atoms with van der Waals surface area (Å²) in [5.74, 6) is -3.51. The summed E-state index contributed by atoms with van der Waals surface area (Å²) >= 11 is 15.6. The number of halogens is 4. The van der Waals surface area contributed by atoms with Gasteiger partial charge in [0.15, 0.2) is 0 Å². The average molecular weight is 830 g/mol. The predicted molar refractivity (Wildman–Crippen MR) is 171 cm³/mol. The van der Waals surface area contributed by atoms with Gasteiger partial charge in [0, 0.05) is 38.6 Å². The highest BCUT2D eigenvalue weighted by Crippen LogP contribution is 2.54. The zero-order chi connectivity index (χ0) is 31.0. The summed E-state index contributed by atoms with van der Waals surface area (Å²) in [5, 5.41) is 27.9. The average Bonchev–Trinajstić information content (AvgIpc) is 2.89. The van der Waals surface area contributed by atoms with Crippen LogP contribution >= 0.6 is 63.7 Å². The van der Waals surface area contributed by atoms with Gasteiger partial charge in [0.25, 0.3) is 0 Å². The van der Waals surface area contributed by atoms with Crippen LogP contribution in [0.2, 0.25) is 0 Å². The van der Waals surface area contributed by atoms with Crippen LogP contribution in [0.15, 0.2) is 0 Å². The van der Waals surface area contributed by atoms with Crippen LogP contribution in [0.5, 0.6) is 0 Å². The standard InChI is InChI=1S/C28H46Br4O8/c1-5-17(12-9-10-14-20(33)34)23(29)26(32)28(27(39)40-8-4,25(31)19(7-3)16-22(37)38)24(30)18(6-2)13-11-15-21(35)36/h17-19,23-26H,5-16H2,1-4H3,(H,33,34)(H,35,36)(H,37,38). The Morgan fingerprint density at radius 1 is 0.650 bits per heavy atom. The van der Waals surface area contributed by atoms with Gasteiger partial charge in [0.2, 0.25) is 0 Å². The molecule has 0 amide bonds. The highest BCUT2D eigenvalue weighted by atomic mass is 79.9. The van der Waals surface area contributed by atoms with Crippen molar-refractivity contribution in [2.24, 2.45) is 23.2 Å². The maximum atomic E-state index is 14.2. The molecule has 0 spiro atoms. The quantitative estimate of drug-likeness (QED) is 0.0535. The minimum Gasteiger partial charge on any atom is -0.481 e. The molecule has 0 aromatic rings. The molecule has 0 fully saturated rings. The number of esters is 1. The first kappa shape index (κ1) is 39.8. The van der Waals surface area contributed by atoms with Crippen molar-refractivity contribution in [3.63, 3.8) is 0 Å². The summed E-state index contributed by atoms with van der Waals surface area (Å²) in [6.07, 6.45) is 4.99. The van der Waals surface area contributed by atoms with Gasteiger partial charge in [-0.1, -0.05) is 110 Å². The topological polar surface area (TPSA) is 138 Å². The summed E-state index contributed by atoms with van der Waals surface area (Å²) in [4.78, 5) is 46.5. The van der Waals surface area contributed by atoms with E-state index in [0.29, 0.717) is 32.1 Å². The largest absolute Gasteiger partial charge is 0.481 e. The van der Waals surface area contributed by atoms with Crippen LogP contribution in [0.4, 0.5) is 0 Å². The third kappa shape index (κ3) is 11.8. The molecule has 3 N–H and O–H groups in total. The Kier molecular flexibility index (Phi) is 20.6.